The maximum Gasteiger partial charge on any atom is 0.350 e. The molecule has 0 spiro atoms. The van der Waals surface area contributed by atoms with E-state index in [9.17, 15) is 9.59 Å². The lowest BCUT2D eigenvalue weighted by Crippen LogP contribution is -2.24. The van der Waals surface area contributed by atoms with E-state index in [-0.39, 0.29) is 16.9 Å². The first-order valence-electron chi connectivity index (χ1n) is 8.89. The first-order chi connectivity index (χ1) is 13.4. The van der Waals surface area contributed by atoms with Gasteiger partial charge in [-0.3, -0.25) is 9.36 Å². The molecule has 0 unspecified atom stereocenters. The van der Waals surface area contributed by atoms with Crippen LogP contribution in [-0.4, -0.2) is 18.7 Å². The summed E-state index contributed by atoms with van der Waals surface area (Å²) in [5.41, 5.74) is 3.99. The van der Waals surface area contributed by atoms with Crippen LogP contribution in [0.15, 0.2) is 58.4 Å². The number of rotatable bonds is 3. The van der Waals surface area contributed by atoms with E-state index in [1.54, 1.807) is 24.5 Å². The van der Waals surface area contributed by atoms with Crippen LogP contribution >= 0.6 is 11.6 Å². The van der Waals surface area contributed by atoms with Crippen LogP contribution < -0.4 is 11.2 Å². The molecule has 0 amide bonds. The second-order valence-corrected chi connectivity index (χ2v) is 7.33. The number of nitrogens with zero attached hydrogens (tertiary/aromatic N) is 4. The Balaban J connectivity index is 1.87. The molecule has 0 radical (unpaired) electrons. The Morgan fingerprint density at radius 2 is 1.82 bits per heavy atom. The highest BCUT2D eigenvalue weighted by Gasteiger charge is 2.15. The number of benzene rings is 2. The zero-order chi connectivity index (χ0) is 20.0. The maximum absolute atomic E-state index is 13.0. The molecule has 7 heteroatoms. The topological polar surface area (TPSA) is 61.3 Å². The molecule has 142 valence electrons. The van der Waals surface area contributed by atoms with Gasteiger partial charge in [-0.05, 0) is 49.6 Å². The number of aromatic nitrogens is 4. The summed E-state index contributed by atoms with van der Waals surface area (Å²) in [5, 5.41) is 4.89. The Morgan fingerprint density at radius 3 is 2.61 bits per heavy atom. The van der Waals surface area contributed by atoms with E-state index in [1.165, 1.54) is 13.6 Å². The lowest BCUT2D eigenvalue weighted by molar-refractivity contribution is 0.656. The Kier molecular flexibility index (Phi) is 4.43. The molecule has 6 nitrogen and oxygen atoms in total. The van der Waals surface area contributed by atoms with Gasteiger partial charge in [0.25, 0.3) is 0 Å². The van der Waals surface area contributed by atoms with Crippen molar-refractivity contribution < 1.29 is 0 Å². The van der Waals surface area contributed by atoms with Gasteiger partial charge in [-0.25, -0.2) is 13.9 Å². The molecule has 0 aliphatic heterocycles. The van der Waals surface area contributed by atoms with Crippen molar-refractivity contribution in [3.63, 3.8) is 0 Å². The van der Waals surface area contributed by atoms with Crippen LogP contribution in [0, 0.1) is 20.8 Å². The molecule has 0 saturated carbocycles. The molecule has 28 heavy (non-hydrogen) atoms. The monoisotopic (exact) mass is 394 g/mol. The third-order valence-electron chi connectivity index (χ3n) is 4.97. The molecule has 0 saturated heterocycles. The van der Waals surface area contributed by atoms with Crippen LogP contribution in [0.5, 0.6) is 0 Å². The van der Waals surface area contributed by atoms with Crippen molar-refractivity contribution in [3.8, 4) is 5.69 Å². The fraction of sp³-hybridized carbons (Fsp3) is 0.190. The molecule has 2 heterocycles. The summed E-state index contributed by atoms with van der Waals surface area (Å²) >= 11 is 6.19. The molecule has 0 aliphatic carbocycles. The maximum atomic E-state index is 13.0. The van der Waals surface area contributed by atoms with Crippen molar-refractivity contribution in [1.29, 1.82) is 0 Å². The third-order valence-corrected chi connectivity index (χ3v) is 5.38. The molecule has 0 bridgehead atoms. The fourth-order valence-corrected chi connectivity index (χ4v) is 3.46. The Morgan fingerprint density at radius 1 is 1.04 bits per heavy atom. The smallest absolute Gasteiger partial charge is 0.279 e. The van der Waals surface area contributed by atoms with Gasteiger partial charge >= 0.3 is 11.2 Å². The third kappa shape index (κ3) is 2.96. The van der Waals surface area contributed by atoms with Crippen LogP contribution in [-0.2, 0) is 6.54 Å². The SMILES string of the molecule is Cc1ccc(C)c(Cn2nc3c(=O)n(-c4cccc(Cl)c4C)ccn3c2=O)c1. The summed E-state index contributed by atoms with van der Waals surface area (Å²) in [5.74, 6) is 0. The first-order valence-corrected chi connectivity index (χ1v) is 9.27. The number of halogens is 1. The van der Waals surface area contributed by atoms with Gasteiger partial charge in [0.2, 0.25) is 5.65 Å². The van der Waals surface area contributed by atoms with Crippen molar-refractivity contribution in [2.75, 3.05) is 0 Å². The summed E-state index contributed by atoms with van der Waals surface area (Å²) in [6, 6.07) is 11.4. The second-order valence-electron chi connectivity index (χ2n) is 6.92. The van der Waals surface area contributed by atoms with Crippen molar-refractivity contribution in [2.24, 2.45) is 0 Å². The number of fused-ring (bicyclic) bond motifs is 1. The van der Waals surface area contributed by atoms with Crippen molar-refractivity contribution in [2.45, 2.75) is 27.3 Å². The molecule has 4 rings (SSSR count). The van der Waals surface area contributed by atoms with E-state index in [0.29, 0.717) is 17.3 Å². The Labute approximate surface area is 166 Å². The quantitative estimate of drug-likeness (QED) is 0.535. The molecule has 0 atom stereocenters. The fourth-order valence-electron chi connectivity index (χ4n) is 3.29. The van der Waals surface area contributed by atoms with Crippen LogP contribution in [0.3, 0.4) is 0 Å². The number of aryl methyl sites for hydroxylation is 2. The van der Waals surface area contributed by atoms with Gasteiger partial charge in [-0.15, -0.1) is 5.10 Å². The molecule has 0 fully saturated rings. The minimum atomic E-state index is -0.371. The summed E-state index contributed by atoms with van der Waals surface area (Å²) < 4.78 is 4.07. The molecule has 0 aliphatic rings. The molecular formula is C21H19ClN4O2. The Hall–Kier alpha value is -3.12. The van der Waals surface area contributed by atoms with E-state index < -0.39 is 0 Å². The molecule has 2 aromatic carbocycles. The number of hydrogen-bond acceptors (Lipinski definition) is 3. The van der Waals surface area contributed by atoms with Crippen molar-refractivity contribution in [3.05, 3.63) is 96.9 Å². The van der Waals surface area contributed by atoms with E-state index in [2.05, 4.69) is 5.10 Å². The summed E-state index contributed by atoms with van der Waals surface area (Å²) in [6.45, 7) is 6.15. The first kappa shape index (κ1) is 18.3. The van der Waals surface area contributed by atoms with E-state index in [0.717, 1.165) is 22.3 Å². The molecule has 2 aromatic heterocycles. The lowest BCUT2D eigenvalue weighted by Gasteiger charge is -2.09. The molecular weight excluding hydrogens is 376 g/mol. The van der Waals surface area contributed by atoms with E-state index in [1.807, 2.05) is 45.0 Å². The van der Waals surface area contributed by atoms with Crippen molar-refractivity contribution in [1.82, 2.24) is 18.7 Å². The van der Waals surface area contributed by atoms with E-state index in [4.69, 9.17) is 11.6 Å². The zero-order valence-electron chi connectivity index (χ0n) is 15.8. The average molecular weight is 395 g/mol. The second kappa shape index (κ2) is 6.80. The molecule has 4 aromatic rings. The van der Waals surface area contributed by atoms with Gasteiger partial charge in [0.05, 0.1) is 12.2 Å². The van der Waals surface area contributed by atoms with Gasteiger partial charge in [0.1, 0.15) is 0 Å². The molecule has 0 N–H and O–H groups in total. The minimum Gasteiger partial charge on any atom is -0.279 e. The summed E-state index contributed by atoms with van der Waals surface area (Å²) in [7, 11) is 0. The normalized spacial score (nSPS) is 11.3. The van der Waals surface area contributed by atoms with Gasteiger partial charge in [0, 0.05) is 17.4 Å². The Bertz CT molecular complexity index is 1330. The summed E-state index contributed by atoms with van der Waals surface area (Å²) in [4.78, 5) is 25.8. The van der Waals surface area contributed by atoms with Crippen LogP contribution in [0.1, 0.15) is 22.3 Å². The average Bonchev–Trinajstić information content (AvgIpc) is 2.98. The van der Waals surface area contributed by atoms with Gasteiger partial charge in [-0.2, -0.15) is 0 Å². The largest absolute Gasteiger partial charge is 0.350 e. The highest BCUT2D eigenvalue weighted by atomic mass is 35.5. The summed E-state index contributed by atoms with van der Waals surface area (Å²) in [6.07, 6.45) is 3.13. The van der Waals surface area contributed by atoms with Crippen LogP contribution in [0.4, 0.5) is 0 Å². The predicted octanol–water partition coefficient (Wildman–Crippen LogP) is 3.27. The van der Waals surface area contributed by atoms with Crippen LogP contribution in [0.25, 0.3) is 11.3 Å². The van der Waals surface area contributed by atoms with E-state index >= 15 is 0 Å². The van der Waals surface area contributed by atoms with Gasteiger partial charge < -0.3 is 0 Å². The lowest BCUT2D eigenvalue weighted by atomic mass is 10.1. The standard InChI is InChI=1S/C21H19ClN4O2/c1-13-7-8-14(2)16(11-13)12-26-21(28)25-10-9-24(20(27)19(25)23-26)18-6-4-5-17(22)15(18)3/h4-11H,12H2,1-3H3. The van der Waals surface area contributed by atoms with Crippen LogP contribution in [0.2, 0.25) is 5.02 Å². The zero-order valence-corrected chi connectivity index (χ0v) is 16.6. The number of hydrogen-bond donors (Lipinski definition) is 0. The van der Waals surface area contributed by atoms with Crippen molar-refractivity contribution >= 4 is 17.2 Å². The highest BCUT2D eigenvalue weighted by molar-refractivity contribution is 6.31. The van der Waals surface area contributed by atoms with Gasteiger partial charge in [-0.1, -0.05) is 41.4 Å². The minimum absolute atomic E-state index is 0.0807. The predicted molar refractivity (Wildman–Crippen MR) is 110 cm³/mol. The highest BCUT2D eigenvalue weighted by Crippen LogP contribution is 2.21. The van der Waals surface area contributed by atoms with Gasteiger partial charge in [0.15, 0.2) is 0 Å².